The summed E-state index contributed by atoms with van der Waals surface area (Å²) in [4.78, 5) is 18.6. The minimum absolute atomic E-state index is 0.147. The summed E-state index contributed by atoms with van der Waals surface area (Å²) in [6.45, 7) is 4.84. The van der Waals surface area contributed by atoms with Crippen molar-refractivity contribution < 1.29 is 14.2 Å². The number of fused-ring (bicyclic) bond motifs is 2. The third-order valence-corrected chi connectivity index (χ3v) is 8.74. The first kappa shape index (κ1) is 29.5. The van der Waals surface area contributed by atoms with Crippen molar-refractivity contribution in [3.8, 4) is 34.2 Å². The third-order valence-electron chi connectivity index (χ3n) is 7.79. The molecule has 0 N–H and O–H groups in total. The van der Waals surface area contributed by atoms with Crippen molar-refractivity contribution in [3.05, 3.63) is 110 Å². The van der Waals surface area contributed by atoms with Crippen molar-refractivity contribution in [2.75, 3.05) is 13.7 Å². The van der Waals surface area contributed by atoms with Crippen LogP contribution < -0.4 is 24.3 Å². The SMILES string of the molecule is CCCCOc1ccc(/C=C/c2nc3s/c(=C\c4cn(-c5ccccc5)nc4-c4ccc5c(c4)CC(C)O5)c(=O)n3n2)cc1OC. The van der Waals surface area contributed by atoms with Crippen LogP contribution in [-0.2, 0) is 6.42 Å². The number of methoxy groups -OCH3 is 1. The highest BCUT2D eigenvalue weighted by Crippen LogP contribution is 2.34. The zero-order valence-corrected chi connectivity index (χ0v) is 26.7. The number of unbranched alkanes of at least 4 members (excludes halogenated alkanes) is 1. The van der Waals surface area contributed by atoms with E-state index < -0.39 is 0 Å². The van der Waals surface area contributed by atoms with Crippen LogP contribution in [0.15, 0.2) is 77.7 Å². The van der Waals surface area contributed by atoms with E-state index in [0.29, 0.717) is 33.4 Å². The van der Waals surface area contributed by atoms with E-state index in [4.69, 9.17) is 19.3 Å². The van der Waals surface area contributed by atoms with Gasteiger partial charge >= 0.3 is 0 Å². The molecule has 7 rings (SSSR count). The van der Waals surface area contributed by atoms with Crippen LogP contribution >= 0.6 is 11.3 Å². The minimum atomic E-state index is -0.225. The van der Waals surface area contributed by atoms with Crippen LogP contribution in [0.2, 0.25) is 0 Å². The Morgan fingerprint density at radius 3 is 2.72 bits per heavy atom. The molecule has 1 aliphatic rings. The average Bonchev–Trinajstić information content (AvgIpc) is 3.84. The summed E-state index contributed by atoms with van der Waals surface area (Å²) in [5.74, 6) is 2.74. The molecule has 46 heavy (non-hydrogen) atoms. The summed E-state index contributed by atoms with van der Waals surface area (Å²) < 4.78 is 21.0. The highest BCUT2D eigenvalue weighted by molar-refractivity contribution is 7.15. The lowest BCUT2D eigenvalue weighted by Crippen LogP contribution is -2.23. The maximum absolute atomic E-state index is 13.5. The number of para-hydroxylation sites is 1. The van der Waals surface area contributed by atoms with Gasteiger partial charge < -0.3 is 14.2 Å². The molecule has 0 amide bonds. The topological polar surface area (TPSA) is 92.8 Å². The van der Waals surface area contributed by atoms with Crippen molar-refractivity contribution in [3.63, 3.8) is 0 Å². The Balaban J connectivity index is 1.20. The van der Waals surface area contributed by atoms with E-state index in [1.54, 1.807) is 13.2 Å². The summed E-state index contributed by atoms with van der Waals surface area (Å²) in [5, 5.41) is 9.43. The summed E-state index contributed by atoms with van der Waals surface area (Å²) >= 11 is 1.30. The second kappa shape index (κ2) is 12.6. The Bertz CT molecular complexity index is 2170. The van der Waals surface area contributed by atoms with Gasteiger partial charge in [-0.25, -0.2) is 4.68 Å². The lowest BCUT2D eigenvalue weighted by atomic mass is 10.0. The largest absolute Gasteiger partial charge is 0.493 e. The first-order chi connectivity index (χ1) is 22.5. The number of hydrogen-bond acceptors (Lipinski definition) is 8. The van der Waals surface area contributed by atoms with Crippen LogP contribution in [0.5, 0.6) is 17.2 Å². The van der Waals surface area contributed by atoms with Crippen molar-refractivity contribution in [1.29, 1.82) is 0 Å². The standard InChI is InChI=1S/C36H33N5O4S/c1-4-5-17-44-30-14-11-24(19-31(30)43-3)12-16-33-37-36-41(38-33)35(42)32(46-36)21-27-22-40(28-9-7-6-8-10-28)39-34(27)25-13-15-29-26(20-25)18-23(2)45-29/h6-16,19-23H,4-5,17-18H2,1-3H3/b16-12+,32-21-. The third kappa shape index (κ3) is 5.91. The van der Waals surface area contributed by atoms with Crippen LogP contribution in [0.25, 0.3) is 40.1 Å². The molecule has 0 bridgehead atoms. The molecule has 0 fully saturated rings. The van der Waals surface area contributed by atoms with Crippen LogP contribution in [0.4, 0.5) is 0 Å². The molecule has 3 aromatic carbocycles. The second-order valence-corrected chi connectivity index (χ2v) is 12.2. The Kier molecular flexibility index (Phi) is 8.11. The molecule has 232 valence electrons. The predicted molar refractivity (Wildman–Crippen MR) is 181 cm³/mol. The average molecular weight is 632 g/mol. The summed E-state index contributed by atoms with van der Waals surface area (Å²) in [7, 11) is 1.63. The molecule has 3 aromatic heterocycles. The van der Waals surface area contributed by atoms with Crippen molar-refractivity contribution in [2.45, 2.75) is 39.2 Å². The molecule has 0 radical (unpaired) electrons. The summed E-state index contributed by atoms with van der Waals surface area (Å²) in [6.07, 6.45) is 10.6. The quantitative estimate of drug-likeness (QED) is 0.166. The van der Waals surface area contributed by atoms with Crippen molar-refractivity contribution >= 4 is 34.5 Å². The van der Waals surface area contributed by atoms with E-state index in [1.807, 2.05) is 83.7 Å². The molecule has 1 aliphatic heterocycles. The number of aromatic nitrogens is 5. The predicted octanol–water partition coefficient (Wildman–Crippen LogP) is 6.23. The van der Waals surface area contributed by atoms with Gasteiger partial charge in [0.2, 0.25) is 4.96 Å². The van der Waals surface area contributed by atoms with Gasteiger partial charge in [0.1, 0.15) is 17.5 Å². The fraction of sp³-hybridized carbons (Fsp3) is 0.222. The van der Waals surface area contributed by atoms with Crippen LogP contribution in [0, 0.1) is 0 Å². The molecular formula is C36H33N5O4S. The normalized spacial score (nSPS) is 14.7. The van der Waals surface area contributed by atoms with Gasteiger partial charge in [-0.15, -0.1) is 5.10 Å². The van der Waals surface area contributed by atoms with E-state index in [-0.39, 0.29) is 11.7 Å². The Hall–Kier alpha value is -5.22. The van der Waals surface area contributed by atoms with E-state index in [2.05, 4.69) is 30.0 Å². The number of hydrogen-bond donors (Lipinski definition) is 0. The summed E-state index contributed by atoms with van der Waals surface area (Å²) in [6, 6.07) is 21.8. The van der Waals surface area contributed by atoms with Crippen molar-refractivity contribution in [2.24, 2.45) is 0 Å². The molecule has 0 aliphatic carbocycles. The van der Waals surface area contributed by atoms with Gasteiger partial charge in [0.05, 0.1) is 23.9 Å². The lowest BCUT2D eigenvalue weighted by Gasteiger charge is -2.10. The first-order valence-corrected chi connectivity index (χ1v) is 16.2. The zero-order valence-electron chi connectivity index (χ0n) is 25.8. The first-order valence-electron chi connectivity index (χ1n) is 15.3. The highest BCUT2D eigenvalue weighted by atomic mass is 32.1. The number of ether oxygens (including phenoxy) is 3. The zero-order chi connectivity index (χ0) is 31.6. The second-order valence-electron chi connectivity index (χ2n) is 11.2. The van der Waals surface area contributed by atoms with Gasteiger partial charge in [0, 0.05) is 23.7 Å². The number of nitrogens with zero attached hydrogens (tertiary/aromatic N) is 5. The van der Waals surface area contributed by atoms with E-state index >= 15 is 0 Å². The van der Waals surface area contributed by atoms with E-state index in [9.17, 15) is 4.79 Å². The molecule has 4 heterocycles. The number of benzene rings is 3. The fourth-order valence-electron chi connectivity index (χ4n) is 5.46. The molecular weight excluding hydrogens is 598 g/mol. The highest BCUT2D eigenvalue weighted by Gasteiger charge is 2.21. The Labute approximate surface area is 270 Å². The van der Waals surface area contributed by atoms with Gasteiger partial charge in [-0.05, 0) is 79.1 Å². The molecule has 0 saturated heterocycles. The molecule has 1 atom stereocenters. The maximum Gasteiger partial charge on any atom is 0.291 e. The van der Waals surface area contributed by atoms with Crippen LogP contribution in [0.1, 0.15) is 49.2 Å². The van der Waals surface area contributed by atoms with Gasteiger partial charge in [-0.1, -0.05) is 55.0 Å². The van der Waals surface area contributed by atoms with Gasteiger partial charge in [0.15, 0.2) is 17.3 Å². The molecule has 6 aromatic rings. The van der Waals surface area contributed by atoms with Crippen LogP contribution in [0.3, 0.4) is 0 Å². The number of rotatable bonds is 10. The van der Waals surface area contributed by atoms with Crippen molar-refractivity contribution in [1.82, 2.24) is 24.4 Å². The number of thiazole rings is 1. The molecule has 0 saturated carbocycles. The van der Waals surface area contributed by atoms with Gasteiger partial charge in [0.25, 0.3) is 5.56 Å². The molecule has 10 heteroatoms. The van der Waals surface area contributed by atoms with Crippen LogP contribution in [-0.4, -0.2) is 44.2 Å². The fourth-order valence-corrected chi connectivity index (χ4v) is 6.37. The maximum atomic E-state index is 13.5. The van der Waals surface area contributed by atoms with Gasteiger partial charge in [-0.2, -0.15) is 14.6 Å². The monoisotopic (exact) mass is 631 g/mol. The smallest absolute Gasteiger partial charge is 0.291 e. The Morgan fingerprint density at radius 2 is 1.91 bits per heavy atom. The van der Waals surface area contributed by atoms with E-state index in [1.165, 1.54) is 15.9 Å². The van der Waals surface area contributed by atoms with Gasteiger partial charge in [-0.3, -0.25) is 4.79 Å². The Morgan fingerprint density at radius 1 is 1.04 bits per heavy atom. The van der Waals surface area contributed by atoms with E-state index in [0.717, 1.165) is 58.6 Å². The molecule has 9 nitrogen and oxygen atoms in total. The minimum Gasteiger partial charge on any atom is -0.493 e. The summed E-state index contributed by atoms with van der Waals surface area (Å²) in [5.41, 5.74) is 5.35. The lowest BCUT2D eigenvalue weighted by molar-refractivity contribution is 0.254. The molecule has 1 unspecified atom stereocenters. The molecule has 0 spiro atoms.